The number of aromatic nitrogens is 1. The van der Waals surface area contributed by atoms with Crippen molar-refractivity contribution in [2.24, 2.45) is 0 Å². The van der Waals surface area contributed by atoms with Crippen LogP contribution in [-0.2, 0) is 5.41 Å². The highest BCUT2D eigenvalue weighted by molar-refractivity contribution is 6.27. The first-order valence-corrected chi connectivity index (χ1v) is 17.6. The van der Waals surface area contributed by atoms with Crippen molar-refractivity contribution in [3.63, 3.8) is 0 Å². The van der Waals surface area contributed by atoms with E-state index in [4.69, 9.17) is 4.42 Å². The summed E-state index contributed by atoms with van der Waals surface area (Å²) in [4.78, 5) is 0. The molecule has 0 radical (unpaired) electrons. The van der Waals surface area contributed by atoms with E-state index in [0.717, 1.165) is 44.0 Å². The van der Waals surface area contributed by atoms with Crippen LogP contribution in [0.1, 0.15) is 22.3 Å². The maximum Gasteiger partial charge on any atom is 0.145 e. The Kier molecular flexibility index (Phi) is 5.91. The average Bonchev–Trinajstić information content (AvgIpc) is 3.85. The summed E-state index contributed by atoms with van der Waals surface area (Å²) in [6.07, 6.45) is 0. The van der Waals surface area contributed by atoms with E-state index in [2.05, 4.69) is 193 Å². The number of fused-ring (bicyclic) bond motifs is 10. The van der Waals surface area contributed by atoms with Crippen molar-refractivity contribution in [1.29, 1.82) is 0 Å². The van der Waals surface area contributed by atoms with Crippen molar-refractivity contribution >= 4 is 43.7 Å². The minimum Gasteiger partial charge on any atom is -0.455 e. The van der Waals surface area contributed by atoms with Crippen molar-refractivity contribution in [2.75, 3.05) is 0 Å². The molecule has 1 aliphatic carbocycles. The van der Waals surface area contributed by atoms with E-state index in [1.165, 1.54) is 49.9 Å². The van der Waals surface area contributed by atoms with E-state index in [1.807, 2.05) is 0 Å². The van der Waals surface area contributed by atoms with Crippen LogP contribution in [-0.4, -0.2) is 4.57 Å². The summed E-state index contributed by atoms with van der Waals surface area (Å²) in [5.41, 5.74) is 14.8. The quantitative estimate of drug-likeness (QED) is 0.186. The van der Waals surface area contributed by atoms with Gasteiger partial charge in [0.05, 0.1) is 21.8 Å². The van der Waals surface area contributed by atoms with Gasteiger partial charge >= 0.3 is 0 Å². The van der Waals surface area contributed by atoms with Gasteiger partial charge in [0.25, 0.3) is 0 Å². The Morgan fingerprint density at radius 1 is 0.431 bits per heavy atom. The van der Waals surface area contributed by atoms with Crippen LogP contribution in [0.5, 0.6) is 0 Å². The lowest BCUT2D eigenvalue weighted by molar-refractivity contribution is 0.673. The molecule has 11 rings (SSSR count). The second-order valence-corrected chi connectivity index (χ2v) is 13.6. The molecule has 2 heterocycles. The molecule has 2 heteroatoms. The van der Waals surface area contributed by atoms with Gasteiger partial charge in [-0.15, -0.1) is 0 Å². The summed E-state index contributed by atoms with van der Waals surface area (Å²) in [6.45, 7) is 0. The van der Waals surface area contributed by atoms with Crippen molar-refractivity contribution in [3.8, 4) is 27.9 Å². The standard InChI is InChI=1S/C49H31NO/c1-4-16-33(17-5-1)49(34-18-6-2-7-19-34)42-25-13-10-22-36(42)37-29-28-32(30-43(37)49)40-31-41-38-23-12-15-27-45(38)51-48(41)46-39-24-11-14-26-44(39)50(47(40)46)35-20-8-3-9-21-35/h1-31H. The van der Waals surface area contributed by atoms with Crippen molar-refractivity contribution < 1.29 is 4.42 Å². The molecule has 10 aromatic rings. The molecule has 51 heavy (non-hydrogen) atoms. The largest absolute Gasteiger partial charge is 0.455 e. The van der Waals surface area contributed by atoms with Gasteiger partial charge in [-0.1, -0.05) is 152 Å². The zero-order chi connectivity index (χ0) is 33.5. The third kappa shape index (κ3) is 3.82. The lowest BCUT2D eigenvalue weighted by atomic mass is 9.67. The molecule has 2 nitrogen and oxygen atoms in total. The first-order chi connectivity index (χ1) is 25.3. The fourth-order valence-electron chi connectivity index (χ4n) is 9.01. The number of rotatable bonds is 4. The van der Waals surface area contributed by atoms with Gasteiger partial charge < -0.3 is 8.98 Å². The summed E-state index contributed by atoms with van der Waals surface area (Å²) >= 11 is 0. The van der Waals surface area contributed by atoms with E-state index in [1.54, 1.807) is 0 Å². The van der Waals surface area contributed by atoms with Crippen molar-refractivity contribution in [1.82, 2.24) is 4.57 Å². The third-order valence-electron chi connectivity index (χ3n) is 11.1. The second kappa shape index (κ2) is 10.7. The van der Waals surface area contributed by atoms with Crippen LogP contribution in [0.15, 0.2) is 192 Å². The molecule has 0 unspecified atom stereocenters. The van der Waals surface area contributed by atoms with Crippen LogP contribution in [0.25, 0.3) is 71.7 Å². The van der Waals surface area contributed by atoms with Gasteiger partial charge in [0.15, 0.2) is 0 Å². The summed E-state index contributed by atoms with van der Waals surface area (Å²) in [5, 5.41) is 4.58. The van der Waals surface area contributed by atoms with Crippen LogP contribution in [0.2, 0.25) is 0 Å². The highest BCUT2D eigenvalue weighted by Crippen LogP contribution is 2.57. The Bertz CT molecular complexity index is 2910. The zero-order valence-corrected chi connectivity index (χ0v) is 27.8. The Balaban J connectivity index is 1.31. The molecule has 8 aromatic carbocycles. The summed E-state index contributed by atoms with van der Waals surface area (Å²) in [5.74, 6) is 0. The maximum atomic E-state index is 6.77. The molecule has 0 saturated heterocycles. The van der Waals surface area contributed by atoms with Gasteiger partial charge in [-0.3, -0.25) is 0 Å². The Labute approximate surface area is 295 Å². The number of hydrogen-bond acceptors (Lipinski definition) is 1. The topological polar surface area (TPSA) is 18.1 Å². The predicted octanol–water partition coefficient (Wildman–Crippen LogP) is 12.7. The minimum atomic E-state index is -0.484. The van der Waals surface area contributed by atoms with Crippen LogP contribution in [0.4, 0.5) is 0 Å². The van der Waals surface area contributed by atoms with Crippen LogP contribution < -0.4 is 0 Å². The van der Waals surface area contributed by atoms with Crippen molar-refractivity contribution in [2.45, 2.75) is 5.41 Å². The molecule has 2 aromatic heterocycles. The van der Waals surface area contributed by atoms with E-state index in [0.29, 0.717) is 0 Å². The van der Waals surface area contributed by atoms with Gasteiger partial charge in [0, 0.05) is 27.4 Å². The van der Waals surface area contributed by atoms with Gasteiger partial charge in [-0.2, -0.15) is 0 Å². The monoisotopic (exact) mass is 649 g/mol. The molecule has 1 aliphatic rings. The van der Waals surface area contributed by atoms with E-state index >= 15 is 0 Å². The fourth-order valence-corrected chi connectivity index (χ4v) is 9.01. The second-order valence-electron chi connectivity index (χ2n) is 13.6. The smallest absolute Gasteiger partial charge is 0.145 e. The molecule has 0 atom stereocenters. The fraction of sp³-hybridized carbons (Fsp3) is 0.0204. The molecule has 0 spiro atoms. The SMILES string of the molecule is c1ccc(-n2c3ccccc3c3c4oc5ccccc5c4cc(-c4ccc5c(c4)C(c4ccccc4)(c4ccccc4)c4ccccc4-5)c32)cc1. The molecule has 0 fully saturated rings. The molecular formula is C49H31NO. The lowest BCUT2D eigenvalue weighted by Crippen LogP contribution is -2.28. The Hall–Kier alpha value is -6.64. The molecule has 0 amide bonds. The predicted molar refractivity (Wildman–Crippen MR) is 211 cm³/mol. The minimum absolute atomic E-state index is 0.484. The van der Waals surface area contributed by atoms with E-state index < -0.39 is 5.41 Å². The summed E-state index contributed by atoms with van der Waals surface area (Å²) in [7, 11) is 0. The number of benzene rings is 8. The van der Waals surface area contributed by atoms with E-state index in [9.17, 15) is 0 Å². The number of hydrogen-bond donors (Lipinski definition) is 0. The van der Waals surface area contributed by atoms with Gasteiger partial charge in [-0.05, 0) is 75.3 Å². The highest BCUT2D eigenvalue weighted by Gasteiger charge is 2.46. The van der Waals surface area contributed by atoms with Crippen LogP contribution in [0.3, 0.4) is 0 Å². The molecule has 0 aliphatic heterocycles. The molecule has 0 saturated carbocycles. The van der Waals surface area contributed by atoms with Gasteiger partial charge in [-0.25, -0.2) is 0 Å². The first kappa shape index (κ1) is 28.2. The van der Waals surface area contributed by atoms with Gasteiger partial charge in [0.1, 0.15) is 11.2 Å². The Morgan fingerprint density at radius 2 is 1.04 bits per heavy atom. The number of furan rings is 1. The zero-order valence-electron chi connectivity index (χ0n) is 27.8. The van der Waals surface area contributed by atoms with Crippen LogP contribution >= 0.6 is 0 Å². The molecular weight excluding hydrogens is 619 g/mol. The molecule has 0 N–H and O–H groups in total. The maximum absolute atomic E-state index is 6.77. The molecule has 0 bridgehead atoms. The number of para-hydroxylation sites is 3. The lowest BCUT2D eigenvalue weighted by Gasteiger charge is -2.34. The Morgan fingerprint density at radius 3 is 1.80 bits per heavy atom. The van der Waals surface area contributed by atoms with Gasteiger partial charge in [0.2, 0.25) is 0 Å². The van der Waals surface area contributed by atoms with Crippen molar-refractivity contribution in [3.05, 3.63) is 210 Å². The number of nitrogens with zero attached hydrogens (tertiary/aromatic N) is 1. The van der Waals surface area contributed by atoms with Crippen LogP contribution in [0, 0.1) is 0 Å². The van der Waals surface area contributed by atoms with E-state index in [-0.39, 0.29) is 0 Å². The highest BCUT2D eigenvalue weighted by atomic mass is 16.3. The third-order valence-corrected chi connectivity index (χ3v) is 11.1. The summed E-state index contributed by atoms with van der Waals surface area (Å²) < 4.78 is 9.19. The first-order valence-electron chi connectivity index (χ1n) is 17.6. The average molecular weight is 650 g/mol. The summed E-state index contributed by atoms with van der Waals surface area (Å²) in [6, 6.07) is 68.5. The molecule has 238 valence electrons. The normalized spacial score (nSPS) is 13.3.